The molecule has 1 heterocycles. The van der Waals surface area contributed by atoms with Gasteiger partial charge in [-0.15, -0.1) is 11.3 Å². The molecule has 0 saturated heterocycles. The Balaban J connectivity index is 0.00000220. The Hall–Kier alpha value is -0.340. The third-order valence-electron chi connectivity index (χ3n) is 2.32. The number of thiazole rings is 1. The molecular formula is C13H13CaNO4S2+2. The van der Waals surface area contributed by atoms with Gasteiger partial charge in [0.1, 0.15) is 12.0 Å². The number of para-hydroxylation sites is 1. The second-order valence-corrected chi connectivity index (χ2v) is 5.80. The molecule has 0 atom stereocenters. The van der Waals surface area contributed by atoms with Crippen molar-refractivity contribution in [3.63, 3.8) is 0 Å². The van der Waals surface area contributed by atoms with Crippen LogP contribution in [0.25, 0.3) is 10.2 Å². The van der Waals surface area contributed by atoms with E-state index in [9.17, 15) is 9.59 Å². The molecule has 1 aromatic heterocycles. The fourth-order valence-corrected chi connectivity index (χ4v) is 3.04. The first-order valence-electron chi connectivity index (χ1n) is 6.07. The maximum atomic E-state index is 11.5. The van der Waals surface area contributed by atoms with Gasteiger partial charge in [-0.05, 0) is 19.1 Å². The van der Waals surface area contributed by atoms with Crippen LogP contribution < -0.4 is 0 Å². The van der Waals surface area contributed by atoms with E-state index in [1.165, 1.54) is 11.3 Å². The van der Waals surface area contributed by atoms with E-state index < -0.39 is 11.9 Å². The quantitative estimate of drug-likeness (QED) is 0.453. The number of esters is 1. The minimum atomic E-state index is -0.456. The Kier molecular flexibility index (Phi) is 8.58. The van der Waals surface area contributed by atoms with Crippen molar-refractivity contribution in [3.8, 4) is 0 Å². The summed E-state index contributed by atoms with van der Waals surface area (Å²) in [6.07, 6.45) is 0.0454. The number of hydrogen-bond acceptors (Lipinski definition) is 7. The van der Waals surface area contributed by atoms with Gasteiger partial charge in [-0.1, -0.05) is 12.1 Å². The molecule has 106 valence electrons. The monoisotopic (exact) mass is 351 g/mol. The van der Waals surface area contributed by atoms with Crippen molar-refractivity contribution in [1.29, 1.82) is 0 Å². The van der Waals surface area contributed by atoms with Crippen molar-refractivity contribution in [3.05, 3.63) is 24.3 Å². The molecule has 0 N–H and O–H groups in total. The summed E-state index contributed by atoms with van der Waals surface area (Å²) in [4.78, 5) is 26.9. The minimum Gasteiger partial charge on any atom is -0.466 e. The molecule has 1 aromatic carbocycles. The zero-order valence-electron chi connectivity index (χ0n) is 11.5. The van der Waals surface area contributed by atoms with Gasteiger partial charge in [0.25, 0.3) is 0 Å². The zero-order chi connectivity index (χ0) is 14.4. The number of rotatable bonds is 6. The summed E-state index contributed by atoms with van der Waals surface area (Å²) in [7, 11) is 0. The van der Waals surface area contributed by atoms with Crippen LogP contribution in [-0.4, -0.2) is 61.3 Å². The van der Waals surface area contributed by atoms with Crippen LogP contribution in [0.2, 0.25) is 0 Å². The molecule has 0 amide bonds. The second-order valence-electron chi connectivity index (χ2n) is 3.79. The standard InChI is InChI=1S/C13H13NO4S2.Ca/c1-2-17-11(15)7-8-12(16)18-20-13-14-9-5-3-4-6-10(9)19-13;/h3-6H,2,7-8H2,1H3;/q;+2. The van der Waals surface area contributed by atoms with Crippen LogP contribution in [0.1, 0.15) is 19.8 Å². The third-order valence-corrected chi connectivity index (χ3v) is 4.11. The van der Waals surface area contributed by atoms with E-state index in [4.69, 9.17) is 8.92 Å². The summed E-state index contributed by atoms with van der Waals surface area (Å²) in [5, 5.41) is 0. The van der Waals surface area contributed by atoms with Gasteiger partial charge < -0.3 is 8.92 Å². The van der Waals surface area contributed by atoms with E-state index in [1.54, 1.807) is 6.92 Å². The number of ether oxygens (including phenoxy) is 1. The molecule has 0 radical (unpaired) electrons. The van der Waals surface area contributed by atoms with E-state index >= 15 is 0 Å². The summed E-state index contributed by atoms with van der Waals surface area (Å²) in [5.74, 6) is -0.850. The van der Waals surface area contributed by atoms with Crippen molar-refractivity contribution in [1.82, 2.24) is 4.98 Å². The first-order valence-corrected chi connectivity index (χ1v) is 7.63. The number of hydrogen-bond donors (Lipinski definition) is 0. The average molecular weight is 351 g/mol. The molecule has 0 saturated carbocycles. The van der Waals surface area contributed by atoms with Crippen LogP contribution in [0.5, 0.6) is 0 Å². The van der Waals surface area contributed by atoms with Gasteiger partial charge in [-0.2, -0.15) is 0 Å². The molecule has 0 unspecified atom stereocenters. The van der Waals surface area contributed by atoms with Crippen LogP contribution in [0, 0.1) is 0 Å². The first kappa shape index (κ1) is 18.7. The molecular weight excluding hydrogens is 338 g/mol. The van der Waals surface area contributed by atoms with Gasteiger partial charge in [-0.25, -0.2) is 4.98 Å². The fraction of sp³-hybridized carbons (Fsp3) is 0.308. The zero-order valence-corrected chi connectivity index (χ0v) is 15.4. The van der Waals surface area contributed by atoms with Crippen molar-refractivity contribution >= 4 is 83.3 Å². The summed E-state index contributed by atoms with van der Waals surface area (Å²) in [5.41, 5.74) is 0.877. The molecule has 0 aliphatic carbocycles. The number of benzene rings is 1. The maximum absolute atomic E-state index is 11.5. The smallest absolute Gasteiger partial charge is 0.466 e. The van der Waals surface area contributed by atoms with Gasteiger partial charge in [0.2, 0.25) is 0 Å². The summed E-state index contributed by atoms with van der Waals surface area (Å²) < 4.78 is 11.4. The fourth-order valence-electron chi connectivity index (χ4n) is 1.45. The Morgan fingerprint density at radius 2 is 1.95 bits per heavy atom. The normalized spacial score (nSPS) is 9.95. The largest absolute Gasteiger partial charge is 2.00 e. The summed E-state index contributed by atoms with van der Waals surface area (Å²) >= 11 is 2.38. The maximum Gasteiger partial charge on any atom is 2.00 e. The Morgan fingerprint density at radius 1 is 1.24 bits per heavy atom. The number of fused-ring (bicyclic) bond motifs is 1. The Bertz CT molecular complexity index is 584. The van der Waals surface area contributed by atoms with Gasteiger partial charge in [0.05, 0.1) is 29.7 Å². The van der Waals surface area contributed by atoms with Crippen molar-refractivity contribution < 1.29 is 18.5 Å². The predicted molar refractivity (Wildman–Crippen MR) is 83.2 cm³/mol. The molecule has 2 rings (SSSR count). The van der Waals surface area contributed by atoms with E-state index in [-0.39, 0.29) is 50.6 Å². The van der Waals surface area contributed by atoms with Crippen molar-refractivity contribution in [2.75, 3.05) is 6.61 Å². The molecule has 0 spiro atoms. The summed E-state index contributed by atoms with van der Waals surface area (Å²) in [6.45, 7) is 2.04. The van der Waals surface area contributed by atoms with Crippen LogP contribution in [0.4, 0.5) is 0 Å². The van der Waals surface area contributed by atoms with Crippen LogP contribution in [0.3, 0.4) is 0 Å². The Morgan fingerprint density at radius 3 is 2.67 bits per heavy atom. The molecule has 21 heavy (non-hydrogen) atoms. The SMILES string of the molecule is CCOC(=O)CCC(=O)OSc1nc2ccccc2s1.[Ca+2]. The van der Waals surface area contributed by atoms with Gasteiger partial charge >= 0.3 is 49.7 Å². The molecule has 0 fully saturated rings. The average Bonchev–Trinajstić information content (AvgIpc) is 2.86. The van der Waals surface area contributed by atoms with Crippen LogP contribution in [-0.2, 0) is 18.5 Å². The van der Waals surface area contributed by atoms with Gasteiger partial charge in [0.15, 0.2) is 4.34 Å². The molecule has 5 nitrogen and oxygen atoms in total. The third kappa shape index (κ3) is 6.12. The van der Waals surface area contributed by atoms with E-state index in [1.807, 2.05) is 24.3 Å². The topological polar surface area (TPSA) is 65.5 Å². The number of nitrogens with zero attached hydrogens (tertiary/aromatic N) is 1. The van der Waals surface area contributed by atoms with E-state index in [2.05, 4.69) is 4.98 Å². The number of carbonyl (C=O) groups excluding carboxylic acids is 2. The number of carbonyl (C=O) groups is 2. The van der Waals surface area contributed by atoms with Gasteiger partial charge in [-0.3, -0.25) is 9.59 Å². The summed E-state index contributed by atoms with van der Waals surface area (Å²) in [6, 6.07) is 7.69. The Labute approximate surface area is 160 Å². The van der Waals surface area contributed by atoms with Crippen LogP contribution >= 0.6 is 23.4 Å². The predicted octanol–water partition coefficient (Wildman–Crippen LogP) is 2.81. The van der Waals surface area contributed by atoms with Crippen molar-refractivity contribution in [2.24, 2.45) is 0 Å². The second kappa shape index (κ2) is 9.63. The molecule has 0 bridgehead atoms. The number of aromatic nitrogens is 1. The molecule has 8 heteroatoms. The minimum absolute atomic E-state index is 0. The molecule has 2 aromatic rings. The molecule has 0 aliphatic heterocycles. The van der Waals surface area contributed by atoms with E-state index in [0.29, 0.717) is 10.9 Å². The van der Waals surface area contributed by atoms with E-state index in [0.717, 1.165) is 22.3 Å². The molecule has 0 aliphatic rings. The van der Waals surface area contributed by atoms with Crippen LogP contribution in [0.15, 0.2) is 28.6 Å². The first-order chi connectivity index (χ1) is 9.69. The van der Waals surface area contributed by atoms with Crippen molar-refractivity contribution in [2.45, 2.75) is 24.1 Å². The van der Waals surface area contributed by atoms with Gasteiger partial charge in [0, 0.05) is 0 Å².